The molecule has 2 fully saturated rings. The van der Waals surface area contributed by atoms with Gasteiger partial charge >= 0.3 is 0 Å². The summed E-state index contributed by atoms with van der Waals surface area (Å²) in [6.07, 6.45) is 6.30. The number of hydrogen-bond acceptors (Lipinski definition) is 4. The van der Waals surface area contributed by atoms with Gasteiger partial charge < -0.3 is 10.2 Å². The summed E-state index contributed by atoms with van der Waals surface area (Å²) < 4.78 is 1.68. The lowest BCUT2D eigenvalue weighted by molar-refractivity contribution is -0.133. The van der Waals surface area contributed by atoms with Gasteiger partial charge in [0.2, 0.25) is 11.8 Å². The van der Waals surface area contributed by atoms with Crippen molar-refractivity contribution in [1.82, 2.24) is 19.7 Å². The lowest BCUT2D eigenvalue weighted by atomic mass is 9.90. The zero-order chi connectivity index (χ0) is 19.7. The van der Waals surface area contributed by atoms with Crippen molar-refractivity contribution in [2.45, 2.75) is 46.1 Å². The fourth-order valence-corrected chi connectivity index (χ4v) is 4.47. The number of nitrogens with zero attached hydrogens (tertiary/aromatic N) is 4. The molecule has 2 amide bonds. The molecule has 1 spiro atoms. The van der Waals surface area contributed by atoms with E-state index in [0.717, 1.165) is 49.2 Å². The first-order chi connectivity index (χ1) is 13.4. The van der Waals surface area contributed by atoms with E-state index in [9.17, 15) is 9.59 Å². The van der Waals surface area contributed by atoms with Gasteiger partial charge in [-0.2, -0.15) is 5.10 Å². The van der Waals surface area contributed by atoms with Crippen molar-refractivity contribution in [2.75, 3.05) is 18.4 Å². The molecule has 2 heterocycles. The van der Waals surface area contributed by atoms with Crippen LogP contribution in [0.1, 0.15) is 36.8 Å². The molecule has 1 saturated carbocycles. The van der Waals surface area contributed by atoms with Gasteiger partial charge in [0.1, 0.15) is 12.7 Å². The third-order valence-corrected chi connectivity index (χ3v) is 6.13. The second-order valence-corrected chi connectivity index (χ2v) is 8.27. The van der Waals surface area contributed by atoms with E-state index in [1.165, 1.54) is 6.33 Å². The maximum Gasteiger partial charge on any atom is 0.228 e. The summed E-state index contributed by atoms with van der Waals surface area (Å²) in [7, 11) is 0. The van der Waals surface area contributed by atoms with Gasteiger partial charge in [-0.3, -0.25) is 14.3 Å². The molecule has 1 aliphatic heterocycles. The number of aromatic nitrogens is 3. The molecule has 0 radical (unpaired) electrons. The van der Waals surface area contributed by atoms with Gasteiger partial charge in [-0.25, -0.2) is 4.98 Å². The summed E-state index contributed by atoms with van der Waals surface area (Å²) in [5.41, 5.74) is 3.27. The fraction of sp³-hybridized carbons (Fsp3) is 0.524. The van der Waals surface area contributed by atoms with Crippen LogP contribution in [0.3, 0.4) is 0 Å². The second-order valence-electron chi connectivity index (χ2n) is 8.27. The highest BCUT2D eigenvalue weighted by Crippen LogP contribution is 2.59. The zero-order valence-corrected chi connectivity index (χ0v) is 16.5. The van der Waals surface area contributed by atoms with Crippen molar-refractivity contribution in [3.8, 4) is 0 Å². The number of benzene rings is 1. The number of likely N-dealkylation sites (tertiary alicyclic amines) is 1. The monoisotopic (exact) mass is 381 g/mol. The Labute approximate surface area is 165 Å². The highest BCUT2D eigenvalue weighted by molar-refractivity contribution is 5.95. The van der Waals surface area contributed by atoms with Crippen LogP contribution in [0.4, 0.5) is 5.69 Å². The molecule has 7 nitrogen and oxygen atoms in total. The van der Waals surface area contributed by atoms with Gasteiger partial charge in [0.15, 0.2) is 0 Å². The number of piperidine rings is 1. The van der Waals surface area contributed by atoms with E-state index in [0.29, 0.717) is 13.0 Å². The number of carbonyl (C=O) groups is 2. The van der Waals surface area contributed by atoms with Crippen molar-refractivity contribution in [3.05, 3.63) is 42.0 Å². The number of aryl methyl sites for hydroxylation is 3. The minimum Gasteiger partial charge on any atom is -0.343 e. The van der Waals surface area contributed by atoms with E-state index in [-0.39, 0.29) is 23.1 Å². The molecular weight excluding hydrogens is 354 g/mol. The summed E-state index contributed by atoms with van der Waals surface area (Å²) >= 11 is 0. The first-order valence-electron chi connectivity index (χ1n) is 9.95. The lowest BCUT2D eigenvalue weighted by Gasteiger charge is -2.33. The molecule has 2 aromatic rings. The lowest BCUT2D eigenvalue weighted by Crippen LogP contribution is -2.40. The SMILES string of the molecule is Cc1cc(C)cc(NC(=O)[C@H]2CC23CCN(C(=O)CCn2cncn2)CC3)c1. The van der Waals surface area contributed by atoms with E-state index in [2.05, 4.69) is 21.5 Å². The van der Waals surface area contributed by atoms with Crippen LogP contribution in [0.2, 0.25) is 0 Å². The Balaban J connectivity index is 1.27. The molecular formula is C21H27N5O2. The summed E-state index contributed by atoms with van der Waals surface area (Å²) in [6.45, 7) is 6.11. The Morgan fingerprint density at radius 1 is 1.18 bits per heavy atom. The van der Waals surface area contributed by atoms with E-state index >= 15 is 0 Å². The number of carbonyl (C=O) groups excluding carboxylic acids is 2. The topological polar surface area (TPSA) is 80.1 Å². The molecule has 2 aliphatic rings. The predicted octanol–water partition coefficient (Wildman–Crippen LogP) is 2.55. The molecule has 0 unspecified atom stereocenters. The molecule has 1 aromatic heterocycles. The van der Waals surface area contributed by atoms with Crippen molar-refractivity contribution < 1.29 is 9.59 Å². The Bertz CT molecular complexity index is 849. The Morgan fingerprint density at radius 3 is 2.54 bits per heavy atom. The van der Waals surface area contributed by atoms with Crippen LogP contribution in [0.15, 0.2) is 30.9 Å². The van der Waals surface area contributed by atoms with Gasteiger partial charge in [0, 0.05) is 31.1 Å². The van der Waals surface area contributed by atoms with Crippen molar-refractivity contribution in [2.24, 2.45) is 11.3 Å². The smallest absolute Gasteiger partial charge is 0.228 e. The van der Waals surface area contributed by atoms with Gasteiger partial charge in [-0.1, -0.05) is 6.07 Å². The molecule has 1 aromatic carbocycles. The first kappa shape index (κ1) is 18.7. The molecule has 1 saturated heterocycles. The summed E-state index contributed by atoms with van der Waals surface area (Å²) in [4.78, 5) is 31.0. The molecule has 1 N–H and O–H groups in total. The quantitative estimate of drug-likeness (QED) is 0.863. The van der Waals surface area contributed by atoms with E-state index in [1.807, 2.05) is 30.9 Å². The molecule has 4 rings (SSSR count). The minimum atomic E-state index is 0.0701. The molecule has 1 aliphatic carbocycles. The Kier molecular flexibility index (Phi) is 4.91. The van der Waals surface area contributed by atoms with Crippen LogP contribution < -0.4 is 5.32 Å². The molecule has 7 heteroatoms. The average Bonchev–Trinajstić information content (AvgIpc) is 3.10. The summed E-state index contributed by atoms with van der Waals surface area (Å²) in [5.74, 6) is 0.346. The zero-order valence-electron chi connectivity index (χ0n) is 16.5. The Morgan fingerprint density at radius 2 is 1.89 bits per heavy atom. The minimum absolute atomic E-state index is 0.0701. The van der Waals surface area contributed by atoms with Crippen molar-refractivity contribution in [3.63, 3.8) is 0 Å². The van der Waals surface area contributed by atoms with E-state index < -0.39 is 0 Å². The van der Waals surface area contributed by atoms with Crippen LogP contribution in [0.25, 0.3) is 0 Å². The molecule has 1 atom stereocenters. The van der Waals surface area contributed by atoms with Crippen LogP contribution in [-0.2, 0) is 16.1 Å². The van der Waals surface area contributed by atoms with Crippen molar-refractivity contribution in [1.29, 1.82) is 0 Å². The molecule has 0 bridgehead atoms. The van der Waals surface area contributed by atoms with Crippen LogP contribution in [-0.4, -0.2) is 44.6 Å². The van der Waals surface area contributed by atoms with Gasteiger partial charge in [0.05, 0.1) is 6.54 Å². The number of amides is 2. The van der Waals surface area contributed by atoms with Crippen LogP contribution in [0, 0.1) is 25.2 Å². The fourth-order valence-electron chi connectivity index (χ4n) is 4.47. The van der Waals surface area contributed by atoms with E-state index in [1.54, 1.807) is 11.0 Å². The second kappa shape index (κ2) is 7.37. The highest BCUT2D eigenvalue weighted by atomic mass is 16.2. The third-order valence-electron chi connectivity index (χ3n) is 6.13. The Hall–Kier alpha value is -2.70. The standard InChI is InChI=1S/C21H27N5O2/c1-15-9-16(2)11-17(10-15)24-20(28)18-12-21(18)4-7-25(8-5-21)19(27)3-6-26-14-22-13-23-26/h9-11,13-14,18H,3-8,12H2,1-2H3,(H,24,28)/t18-/m1/s1. The molecule has 28 heavy (non-hydrogen) atoms. The van der Waals surface area contributed by atoms with E-state index in [4.69, 9.17) is 0 Å². The average molecular weight is 381 g/mol. The highest BCUT2D eigenvalue weighted by Gasteiger charge is 2.58. The summed E-state index contributed by atoms with van der Waals surface area (Å²) in [5, 5.41) is 7.12. The normalized spacial score (nSPS) is 20.2. The van der Waals surface area contributed by atoms with Gasteiger partial charge in [-0.05, 0) is 61.8 Å². The van der Waals surface area contributed by atoms with Crippen LogP contribution in [0.5, 0.6) is 0 Å². The number of anilines is 1. The van der Waals surface area contributed by atoms with Gasteiger partial charge in [0.25, 0.3) is 0 Å². The number of nitrogens with one attached hydrogen (secondary N) is 1. The first-order valence-corrected chi connectivity index (χ1v) is 9.95. The van der Waals surface area contributed by atoms with Gasteiger partial charge in [-0.15, -0.1) is 0 Å². The predicted molar refractivity (Wildman–Crippen MR) is 106 cm³/mol. The third kappa shape index (κ3) is 3.93. The van der Waals surface area contributed by atoms with Crippen molar-refractivity contribution >= 4 is 17.5 Å². The largest absolute Gasteiger partial charge is 0.343 e. The van der Waals surface area contributed by atoms with Crippen LogP contribution >= 0.6 is 0 Å². The maximum atomic E-state index is 12.7. The molecule has 148 valence electrons. The number of rotatable bonds is 5. The summed E-state index contributed by atoms with van der Waals surface area (Å²) in [6, 6.07) is 6.12. The number of hydrogen-bond donors (Lipinski definition) is 1. The maximum absolute atomic E-state index is 12.7.